The number of nitrogens with one attached hydrogen (secondary N) is 2. The second kappa shape index (κ2) is 16.7. The second-order valence-electron chi connectivity index (χ2n) is 8.94. The van der Waals surface area contributed by atoms with Crippen LogP contribution in [-0.2, 0) is 12.8 Å². The van der Waals surface area contributed by atoms with Crippen molar-refractivity contribution < 1.29 is 4.74 Å². The maximum Gasteiger partial charge on any atom is 0.122 e. The highest BCUT2D eigenvalue weighted by atomic mass is 16.5. The topological polar surface area (TPSA) is 33.3 Å². The van der Waals surface area contributed by atoms with Gasteiger partial charge in [-0.15, -0.1) is 0 Å². The maximum absolute atomic E-state index is 5.73. The molecule has 2 N–H and O–H groups in total. The van der Waals surface area contributed by atoms with Crippen LogP contribution in [0.5, 0.6) is 5.75 Å². The van der Waals surface area contributed by atoms with Crippen LogP contribution in [0.2, 0.25) is 0 Å². The second-order valence-corrected chi connectivity index (χ2v) is 8.94. The quantitative estimate of drug-likeness (QED) is 0.271. The molecule has 0 saturated heterocycles. The number of benzene rings is 2. The van der Waals surface area contributed by atoms with Crippen molar-refractivity contribution >= 4 is 0 Å². The van der Waals surface area contributed by atoms with E-state index in [2.05, 4.69) is 79.1 Å². The Morgan fingerprint density at radius 2 is 1.41 bits per heavy atom. The number of unbranched alkanes of at least 4 members (excludes halogenated alkanes) is 1. The molecule has 0 aromatic heterocycles. The van der Waals surface area contributed by atoms with Crippen molar-refractivity contribution in [1.29, 1.82) is 0 Å². The van der Waals surface area contributed by atoms with Crippen molar-refractivity contribution in [3.63, 3.8) is 0 Å². The Morgan fingerprint density at radius 3 is 2.09 bits per heavy atom. The Balaban J connectivity index is 1.50. The van der Waals surface area contributed by atoms with Crippen LogP contribution < -0.4 is 15.4 Å². The lowest BCUT2D eigenvalue weighted by Crippen LogP contribution is -2.25. The number of ether oxygens (including phenoxy) is 1. The maximum atomic E-state index is 5.73. The Hall–Kier alpha value is -1.84. The molecule has 0 aliphatic heterocycles. The molecule has 0 spiro atoms. The number of rotatable bonds is 18. The van der Waals surface area contributed by atoms with Crippen LogP contribution in [0.15, 0.2) is 54.6 Å². The first-order valence-electron chi connectivity index (χ1n) is 12.7. The van der Waals surface area contributed by atoms with Crippen molar-refractivity contribution in [3.05, 3.63) is 71.6 Å². The third kappa shape index (κ3) is 11.2. The zero-order chi connectivity index (χ0) is 22.9. The van der Waals surface area contributed by atoms with E-state index >= 15 is 0 Å². The van der Waals surface area contributed by atoms with E-state index in [-0.39, 0.29) is 0 Å². The fourth-order valence-electron chi connectivity index (χ4n) is 4.16. The summed E-state index contributed by atoms with van der Waals surface area (Å²) in [5.41, 5.74) is 2.77. The monoisotopic (exact) mass is 437 g/mol. The van der Waals surface area contributed by atoms with Crippen molar-refractivity contribution in [1.82, 2.24) is 10.6 Å². The van der Waals surface area contributed by atoms with Gasteiger partial charge < -0.3 is 15.4 Å². The van der Waals surface area contributed by atoms with Gasteiger partial charge in [0.25, 0.3) is 0 Å². The van der Waals surface area contributed by atoms with Gasteiger partial charge in [0.15, 0.2) is 0 Å². The van der Waals surface area contributed by atoms with E-state index in [1.54, 1.807) is 5.92 Å². The van der Waals surface area contributed by atoms with E-state index in [1.165, 1.54) is 43.2 Å². The average molecular weight is 438 g/mol. The minimum Gasteiger partial charge on any atom is -0.494 e. The molecule has 0 saturated carbocycles. The molecule has 0 amide bonds. The SMILES string of the molecule is CCOc1ccccc1CCCNCCC(CCNCCCCc1ccccc1)[C](C)C. The number of para-hydroxylation sites is 1. The van der Waals surface area contributed by atoms with E-state index in [4.69, 9.17) is 4.74 Å². The van der Waals surface area contributed by atoms with Crippen molar-refractivity contribution in [2.75, 3.05) is 32.8 Å². The van der Waals surface area contributed by atoms with Gasteiger partial charge in [-0.3, -0.25) is 0 Å². The van der Waals surface area contributed by atoms with E-state index in [0.29, 0.717) is 5.92 Å². The zero-order valence-corrected chi connectivity index (χ0v) is 20.7. The van der Waals surface area contributed by atoms with Crippen LogP contribution in [0.25, 0.3) is 0 Å². The third-order valence-corrected chi connectivity index (χ3v) is 6.14. The molecule has 0 fully saturated rings. The van der Waals surface area contributed by atoms with Crippen LogP contribution >= 0.6 is 0 Å². The van der Waals surface area contributed by atoms with Gasteiger partial charge in [0.2, 0.25) is 0 Å². The fraction of sp³-hybridized carbons (Fsp3) is 0.552. The standard InChI is InChI=1S/C29H45N2O/c1-4-32-29-18-9-8-16-28(29)17-12-22-31-24-20-27(25(2)3)19-23-30-21-11-10-15-26-13-6-5-7-14-26/h5-9,13-14,16,18,27,30-31H,4,10-12,15,17,19-24H2,1-3H3. The molecule has 1 unspecified atom stereocenters. The lowest BCUT2D eigenvalue weighted by Gasteiger charge is -2.21. The van der Waals surface area contributed by atoms with E-state index in [1.807, 2.05) is 6.92 Å². The number of hydrogen-bond donors (Lipinski definition) is 2. The van der Waals surface area contributed by atoms with E-state index < -0.39 is 0 Å². The molecule has 0 aliphatic carbocycles. The summed E-state index contributed by atoms with van der Waals surface area (Å²) >= 11 is 0. The molecule has 177 valence electrons. The van der Waals surface area contributed by atoms with Crippen LogP contribution in [0.3, 0.4) is 0 Å². The van der Waals surface area contributed by atoms with Gasteiger partial charge in [-0.1, -0.05) is 62.4 Å². The minimum absolute atomic E-state index is 0.706. The molecule has 32 heavy (non-hydrogen) atoms. The molecule has 3 nitrogen and oxygen atoms in total. The molecular formula is C29H45N2O. The van der Waals surface area contributed by atoms with Gasteiger partial charge in [0, 0.05) is 0 Å². The molecule has 1 radical (unpaired) electrons. The Morgan fingerprint density at radius 1 is 0.750 bits per heavy atom. The van der Waals surface area contributed by atoms with Crippen LogP contribution in [0.4, 0.5) is 0 Å². The third-order valence-electron chi connectivity index (χ3n) is 6.14. The molecule has 0 aliphatic rings. The Labute approximate surface area is 197 Å². The van der Waals surface area contributed by atoms with E-state index in [0.717, 1.165) is 51.4 Å². The Kier molecular flexibility index (Phi) is 13.8. The molecular weight excluding hydrogens is 392 g/mol. The predicted molar refractivity (Wildman–Crippen MR) is 138 cm³/mol. The summed E-state index contributed by atoms with van der Waals surface area (Å²) in [7, 11) is 0. The number of hydrogen-bond acceptors (Lipinski definition) is 3. The molecule has 1 atom stereocenters. The molecule has 2 aromatic rings. The average Bonchev–Trinajstić information content (AvgIpc) is 2.81. The lowest BCUT2D eigenvalue weighted by atomic mass is 9.89. The van der Waals surface area contributed by atoms with Gasteiger partial charge >= 0.3 is 0 Å². The normalized spacial score (nSPS) is 12.2. The first-order valence-corrected chi connectivity index (χ1v) is 12.7. The van der Waals surface area contributed by atoms with E-state index in [9.17, 15) is 0 Å². The van der Waals surface area contributed by atoms with Crippen LogP contribution in [-0.4, -0.2) is 32.8 Å². The molecule has 0 heterocycles. The number of aryl methyl sites for hydroxylation is 2. The minimum atomic E-state index is 0.706. The summed E-state index contributed by atoms with van der Waals surface area (Å²) in [5.74, 6) is 3.31. The van der Waals surface area contributed by atoms with Crippen molar-refractivity contribution in [3.8, 4) is 5.75 Å². The van der Waals surface area contributed by atoms with Gasteiger partial charge in [-0.25, -0.2) is 0 Å². The zero-order valence-electron chi connectivity index (χ0n) is 20.7. The first-order chi connectivity index (χ1) is 15.7. The molecule has 3 heteroatoms. The Bertz CT molecular complexity index is 701. The highest BCUT2D eigenvalue weighted by Gasteiger charge is 2.13. The highest BCUT2D eigenvalue weighted by molar-refractivity contribution is 5.33. The summed E-state index contributed by atoms with van der Waals surface area (Å²) in [6, 6.07) is 19.2. The summed E-state index contributed by atoms with van der Waals surface area (Å²) in [6.45, 7) is 11.8. The largest absolute Gasteiger partial charge is 0.494 e. The van der Waals surface area contributed by atoms with Gasteiger partial charge in [0.05, 0.1) is 6.61 Å². The van der Waals surface area contributed by atoms with Crippen LogP contribution in [0.1, 0.15) is 64.0 Å². The summed E-state index contributed by atoms with van der Waals surface area (Å²) in [6.07, 6.45) is 8.39. The highest BCUT2D eigenvalue weighted by Crippen LogP contribution is 2.21. The molecule has 0 bridgehead atoms. The first kappa shape index (κ1) is 26.4. The summed E-state index contributed by atoms with van der Waals surface area (Å²) in [4.78, 5) is 0. The van der Waals surface area contributed by atoms with Gasteiger partial charge in [-0.2, -0.15) is 0 Å². The fourth-order valence-corrected chi connectivity index (χ4v) is 4.16. The molecule has 2 rings (SSSR count). The van der Waals surface area contributed by atoms with Crippen molar-refractivity contribution in [2.24, 2.45) is 5.92 Å². The smallest absolute Gasteiger partial charge is 0.122 e. The van der Waals surface area contributed by atoms with Gasteiger partial charge in [-0.05, 0) is 107 Å². The van der Waals surface area contributed by atoms with Crippen molar-refractivity contribution in [2.45, 2.75) is 65.7 Å². The van der Waals surface area contributed by atoms with Crippen LogP contribution in [0, 0.1) is 11.8 Å². The summed E-state index contributed by atoms with van der Waals surface area (Å²) < 4.78 is 5.73. The van der Waals surface area contributed by atoms with Gasteiger partial charge in [0.1, 0.15) is 5.75 Å². The lowest BCUT2D eigenvalue weighted by molar-refractivity contribution is 0.336. The predicted octanol–water partition coefficient (Wildman–Crippen LogP) is 6.23. The summed E-state index contributed by atoms with van der Waals surface area (Å²) in [5, 5.41) is 7.31. The molecule has 2 aromatic carbocycles.